The molecule has 1 aliphatic heterocycles. The average molecular weight is 372 g/mol. The van der Waals surface area contributed by atoms with Gasteiger partial charge in [-0.25, -0.2) is 14.1 Å². The van der Waals surface area contributed by atoms with Gasteiger partial charge < -0.3 is 15.8 Å². The SMILES string of the molecule is CC1NC(=O)c2c(CO)nc(C(C)c3ccc(C(F)(F)F)cc3F)n2N1. The van der Waals surface area contributed by atoms with Crippen LogP contribution in [0.1, 0.15) is 52.9 Å². The number of hydrogen-bond acceptors (Lipinski definition) is 4. The molecule has 0 bridgehead atoms. The first-order valence-electron chi connectivity index (χ1n) is 7.80. The lowest BCUT2D eigenvalue weighted by atomic mass is 9.98. The third kappa shape index (κ3) is 3.00. The Hall–Kier alpha value is -2.62. The quantitative estimate of drug-likeness (QED) is 0.723. The van der Waals surface area contributed by atoms with Crippen LogP contribution in [0.15, 0.2) is 18.2 Å². The van der Waals surface area contributed by atoms with Crippen LogP contribution in [0.5, 0.6) is 0 Å². The zero-order valence-electron chi connectivity index (χ0n) is 13.9. The molecule has 2 atom stereocenters. The summed E-state index contributed by atoms with van der Waals surface area (Å²) in [6.07, 6.45) is -5.09. The lowest BCUT2D eigenvalue weighted by molar-refractivity contribution is -0.137. The summed E-state index contributed by atoms with van der Waals surface area (Å²) < 4.78 is 53.8. The summed E-state index contributed by atoms with van der Waals surface area (Å²) in [7, 11) is 0. The maximum Gasteiger partial charge on any atom is 0.416 e. The van der Waals surface area contributed by atoms with Crippen molar-refractivity contribution in [1.29, 1.82) is 0 Å². The van der Waals surface area contributed by atoms with Crippen LogP contribution >= 0.6 is 0 Å². The second-order valence-electron chi connectivity index (χ2n) is 6.04. The van der Waals surface area contributed by atoms with Crippen LogP contribution in [0.2, 0.25) is 0 Å². The molecule has 140 valence electrons. The first-order chi connectivity index (χ1) is 12.1. The first-order valence-corrected chi connectivity index (χ1v) is 7.80. The summed E-state index contributed by atoms with van der Waals surface area (Å²) in [6, 6.07) is 2.28. The van der Waals surface area contributed by atoms with E-state index in [2.05, 4.69) is 15.7 Å². The number of aliphatic hydroxyl groups excluding tert-OH is 1. The number of halogens is 4. The summed E-state index contributed by atoms with van der Waals surface area (Å²) in [5.41, 5.74) is 2.02. The fraction of sp³-hybridized carbons (Fsp3) is 0.375. The van der Waals surface area contributed by atoms with Gasteiger partial charge in [-0.15, -0.1) is 0 Å². The van der Waals surface area contributed by atoms with Gasteiger partial charge in [-0.3, -0.25) is 4.79 Å². The van der Waals surface area contributed by atoms with Crippen molar-refractivity contribution in [3.8, 4) is 0 Å². The third-order valence-corrected chi connectivity index (χ3v) is 4.19. The number of hydrogen-bond donors (Lipinski definition) is 3. The second-order valence-corrected chi connectivity index (χ2v) is 6.04. The molecule has 0 saturated heterocycles. The number of nitrogens with zero attached hydrogens (tertiary/aromatic N) is 2. The summed E-state index contributed by atoms with van der Waals surface area (Å²) in [6.45, 7) is 2.72. The van der Waals surface area contributed by atoms with Gasteiger partial charge >= 0.3 is 6.18 Å². The Morgan fingerprint density at radius 2 is 2.08 bits per heavy atom. The molecule has 26 heavy (non-hydrogen) atoms. The summed E-state index contributed by atoms with van der Waals surface area (Å²) in [5.74, 6) is -2.03. The predicted molar refractivity (Wildman–Crippen MR) is 83.4 cm³/mol. The van der Waals surface area contributed by atoms with E-state index in [1.807, 2.05) is 0 Å². The summed E-state index contributed by atoms with van der Waals surface area (Å²) >= 11 is 0. The number of nitrogens with one attached hydrogen (secondary N) is 2. The van der Waals surface area contributed by atoms with Crippen LogP contribution in [0.3, 0.4) is 0 Å². The van der Waals surface area contributed by atoms with Gasteiger partial charge in [0, 0.05) is 5.92 Å². The number of carbonyl (C=O) groups is 1. The molecule has 2 aromatic rings. The molecule has 1 amide bonds. The number of rotatable bonds is 3. The summed E-state index contributed by atoms with van der Waals surface area (Å²) in [5, 5.41) is 12.1. The Morgan fingerprint density at radius 1 is 1.38 bits per heavy atom. The van der Waals surface area contributed by atoms with Crippen molar-refractivity contribution >= 4 is 5.91 Å². The van der Waals surface area contributed by atoms with E-state index in [0.717, 1.165) is 12.1 Å². The van der Waals surface area contributed by atoms with Crippen molar-refractivity contribution in [2.24, 2.45) is 0 Å². The minimum atomic E-state index is -4.64. The molecule has 6 nitrogen and oxygen atoms in total. The Balaban J connectivity index is 2.06. The topological polar surface area (TPSA) is 79.2 Å². The highest BCUT2D eigenvalue weighted by Gasteiger charge is 2.34. The molecule has 1 aliphatic rings. The molecule has 10 heteroatoms. The largest absolute Gasteiger partial charge is 0.416 e. The van der Waals surface area contributed by atoms with Crippen molar-refractivity contribution in [3.05, 3.63) is 52.4 Å². The number of benzene rings is 1. The van der Waals surface area contributed by atoms with Gasteiger partial charge in [-0.2, -0.15) is 13.2 Å². The van der Waals surface area contributed by atoms with Crippen LogP contribution in [-0.4, -0.2) is 26.8 Å². The number of aliphatic hydroxyl groups is 1. The fourth-order valence-corrected chi connectivity index (χ4v) is 2.93. The first kappa shape index (κ1) is 18.2. The van der Waals surface area contributed by atoms with Gasteiger partial charge in [0.2, 0.25) is 0 Å². The van der Waals surface area contributed by atoms with Gasteiger partial charge in [-0.1, -0.05) is 13.0 Å². The molecular formula is C16H16F4N4O2. The Kier molecular flexibility index (Phi) is 4.39. The van der Waals surface area contributed by atoms with Crippen LogP contribution in [-0.2, 0) is 12.8 Å². The molecule has 1 aromatic carbocycles. The molecule has 2 unspecified atom stereocenters. The van der Waals surface area contributed by atoms with Gasteiger partial charge in [0.05, 0.1) is 17.9 Å². The van der Waals surface area contributed by atoms with Crippen LogP contribution in [0, 0.1) is 5.82 Å². The fourth-order valence-electron chi connectivity index (χ4n) is 2.93. The minimum Gasteiger partial charge on any atom is -0.390 e. The van der Waals surface area contributed by atoms with E-state index >= 15 is 0 Å². The van der Waals surface area contributed by atoms with E-state index in [1.165, 1.54) is 4.68 Å². The highest BCUT2D eigenvalue weighted by atomic mass is 19.4. The van der Waals surface area contributed by atoms with Gasteiger partial charge in [0.15, 0.2) is 5.69 Å². The smallest absolute Gasteiger partial charge is 0.390 e. The van der Waals surface area contributed by atoms with E-state index < -0.39 is 42.2 Å². The van der Waals surface area contributed by atoms with E-state index in [1.54, 1.807) is 13.8 Å². The Labute approximate surface area is 145 Å². The maximum atomic E-state index is 14.3. The predicted octanol–water partition coefficient (Wildman–Crippen LogP) is 2.32. The van der Waals surface area contributed by atoms with E-state index in [9.17, 15) is 27.5 Å². The van der Waals surface area contributed by atoms with Crippen LogP contribution in [0.25, 0.3) is 0 Å². The molecular weight excluding hydrogens is 356 g/mol. The molecule has 0 saturated carbocycles. The highest BCUT2D eigenvalue weighted by Crippen LogP contribution is 2.33. The molecule has 0 fully saturated rings. The standard InChI is InChI=1S/C16H16F4N4O2/c1-7(10-4-3-9(5-11(10)17)16(18,19)20)14-22-12(6-25)13-15(26)21-8(2)23-24(13)14/h3-5,7-8,23,25H,6H2,1-2H3,(H,21,26). The third-order valence-electron chi connectivity index (χ3n) is 4.19. The van der Waals surface area contributed by atoms with Crippen molar-refractivity contribution in [2.45, 2.75) is 38.7 Å². The Morgan fingerprint density at radius 3 is 2.65 bits per heavy atom. The van der Waals surface area contributed by atoms with Gasteiger partial charge in [0.25, 0.3) is 5.91 Å². The zero-order valence-corrected chi connectivity index (χ0v) is 13.9. The number of imidazole rings is 1. The van der Waals surface area contributed by atoms with Gasteiger partial charge in [-0.05, 0) is 24.6 Å². The minimum absolute atomic E-state index is 0.00396. The molecule has 3 N–H and O–H groups in total. The molecule has 1 aromatic heterocycles. The van der Waals surface area contributed by atoms with Gasteiger partial charge in [0.1, 0.15) is 17.8 Å². The number of aromatic nitrogens is 2. The molecule has 0 aliphatic carbocycles. The Bertz CT molecular complexity index is 863. The molecule has 3 rings (SSSR count). The van der Waals surface area contributed by atoms with Crippen LogP contribution < -0.4 is 10.7 Å². The second kappa shape index (κ2) is 6.27. The number of fused-ring (bicyclic) bond motifs is 1. The van der Waals surface area contributed by atoms with Crippen molar-refractivity contribution in [3.63, 3.8) is 0 Å². The molecule has 0 radical (unpaired) electrons. The lowest BCUT2D eigenvalue weighted by Gasteiger charge is -2.27. The molecule has 0 spiro atoms. The number of alkyl halides is 3. The highest BCUT2D eigenvalue weighted by molar-refractivity contribution is 5.95. The van der Waals surface area contributed by atoms with Crippen molar-refractivity contribution in [1.82, 2.24) is 15.0 Å². The van der Waals surface area contributed by atoms with E-state index in [-0.39, 0.29) is 22.8 Å². The van der Waals surface area contributed by atoms with E-state index in [0.29, 0.717) is 6.07 Å². The van der Waals surface area contributed by atoms with E-state index in [4.69, 9.17) is 0 Å². The number of carbonyl (C=O) groups excluding carboxylic acids is 1. The van der Waals surface area contributed by atoms with Crippen molar-refractivity contribution in [2.75, 3.05) is 5.43 Å². The normalized spacial score (nSPS) is 18.1. The number of amides is 1. The lowest BCUT2D eigenvalue weighted by Crippen LogP contribution is -2.49. The average Bonchev–Trinajstić information content (AvgIpc) is 2.92. The maximum absolute atomic E-state index is 14.3. The molecule has 2 heterocycles. The van der Waals surface area contributed by atoms with Crippen molar-refractivity contribution < 1.29 is 27.5 Å². The summed E-state index contributed by atoms with van der Waals surface area (Å²) in [4.78, 5) is 16.3. The zero-order chi connectivity index (χ0) is 19.2. The monoisotopic (exact) mass is 372 g/mol. The van der Waals surface area contributed by atoms with Crippen LogP contribution in [0.4, 0.5) is 17.6 Å².